The zero-order valence-electron chi connectivity index (χ0n) is 42.3. The van der Waals surface area contributed by atoms with E-state index in [1.807, 2.05) is 0 Å². The molecule has 0 saturated heterocycles. The van der Waals surface area contributed by atoms with E-state index in [0.717, 1.165) is 60.7 Å². The number of alkyl halides is 10. The average Bonchev–Trinajstić information content (AvgIpc) is 3.54. The van der Waals surface area contributed by atoms with Crippen molar-refractivity contribution in [2.75, 3.05) is 26.4 Å². The van der Waals surface area contributed by atoms with Gasteiger partial charge >= 0.3 is 36.5 Å². The van der Waals surface area contributed by atoms with E-state index in [9.17, 15) is 56.2 Å². The second-order valence-electron chi connectivity index (χ2n) is 18.1. The minimum absolute atomic E-state index is 0.0714. The molecule has 0 bridgehead atoms. The number of halogens is 10. The molecule has 0 aliphatic rings. The summed E-state index contributed by atoms with van der Waals surface area (Å²) in [6.07, 6.45) is -14.7. The molecule has 0 amide bonds. The Morgan fingerprint density at radius 2 is 0.765 bits per heavy atom. The highest BCUT2D eigenvalue weighted by atomic mass is 19.4. The Morgan fingerprint density at radius 1 is 0.444 bits per heavy atom. The number of hydrogen-bond acceptors (Lipinski definition) is 12. The van der Waals surface area contributed by atoms with Crippen molar-refractivity contribution in [2.45, 2.75) is 63.1 Å². The van der Waals surface area contributed by atoms with Crippen LogP contribution < -0.4 is 18.9 Å². The molecule has 0 fully saturated rings. The largest absolute Gasteiger partial charge is 0.494 e. The lowest BCUT2D eigenvalue weighted by molar-refractivity contribution is -0.385. The van der Waals surface area contributed by atoms with Crippen molar-refractivity contribution in [3.05, 3.63) is 211 Å². The van der Waals surface area contributed by atoms with Crippen LogP contribution in [0.3, 0.4) is 0 Å². The zero-order chi connectivity index (χ0) is 58.9. The van der Waals surface area contributed by atoms with Gasteiger partial charge in [0.05, 0.1) is 34.2 Å². The maximum Gasteiger partial charge on any atom is 0.426 e. The van der Waals surface area contributed by atoms with Crippen molar-refractivity contribution in [2.24, 2.45) is 5.41 Å². The second kappa shape index (κ2) is 27.3. The van der Waals surface area contributed by atoms with Crippen LogP contribution in [0, 0.1) is 25.6 Å². The predicted molar refractivity (Wildman–Crippen MR) is 272 cm³/mol. The molecule has 428 valence electrons. The maximum absolute atomic E-state index is 15.2. The molecule has 0 radical (unpaired) electrons. The second-order valence-corrected chi connectivity index (χ2v) is 18.1. The summed E-state index contributed by atoms with van der Waals surface area (Å²) in [4.78, 5) is 48.4. The molecule has 14 nitrogen and oxygen atoms in total. The lowest BCUT2D eigenvalue weighted by atomic mass is 9.77. The van der Waals surface area contributed by atoms with Crippen molar-refractivity contribution >= 4 is 35.5 Å². The van der Waals surface area contributed by atoms with Crippen molar-refractivity contribution < 1.29 is 91.8 Å². The number of esters is 2. The number of benzene rings is 6. The number of carbonyl (C=O) groups excluding carboxylic acids is 2. The number of non-ortho nitro benzene ring substituents is 2. The van der Waals surface area contributed by atoms with Gasteiger partial charge < -0.3 is 28.4 Å². The fourth-order valence-electron chi connectivity index (χ4n) is 7.64. The van der Waals surface area contributed by atoms with E-state index in [-0.39, 0.29) is 84.4 Å². The Kier molecular flexibility index (Phi) is 20.6. The number of rotatable bonds is 28. The molecule has 0 heterocycles. The molecule has 6 rings (SSSR count). The number of hydrogen-bond donors (Lipinski definition) is 0. The zero-order valence-corrected chi connectivity index (χ0v) is 42.3. The molecule has 0 spiro atoms. The minimum atomic E-state index is -4.35. The van der Waals surface area contributed by atoms with E-state index >= 15 is 17.6 Å². The standard InChI is InChI=1S/C57H48F10N2O12/c58-54(59,60)31-1-33-76-47-21-25-49(26-22-47)80-56(64,65)43-13-3-39(4-14-43)11-29-51(70)78-37-53(35-41-7-17-45(18-8-41)68(72)73,36-42-9-19-46(20-10-42)69(74)75)38-79-52(71)30-12-40-5-15-44(16-6-40)57(66,67)81-50-27-23-48(24-28-50)77-34-2-32-55(61,62)63/h3-30H,1-2,31-38H2/b29-11+,30-12+. The van der Waals surface area contributed by atoms with Gasteiger partial charge in [-0.3, -0.25) is 20.2 Å². The Balaban J connectivity index is 1.13. The SMILES string of the molecule is O=C(/C=C/c1ccc(C(F)(F)Oc2ccc(OCCCC(F)(F)F)cc2)cc1)OCC(COC(=O)/C=C/c1ccc(C(F)(F)Oc2ccc(OCCCC(F)(F)F)cc2)cc1)(Cc1ccc([N+](=O)[O-])cc1)Cc1ccc([N+](=O)[O-])cc1. The highest BCUT2D eigenvalue weighted by Crippen LogP contribution is 2.36. The van der Waals surface area contributed by atoms with Gasteiger partial charge in [-0.05, 0) is 133 Å². The summed E-state index contributed by atoms with van der Waals surface area (Å²) in [6, 6.07) is 29.5. The van der Waals surface area contributed by atoms with Crippen molar-refractivity contribution in [3.63, 3.8) is 0 Å². The summed E-state index contributed by atoms with van der Waals surface area (Å²) in [6.45, 7) is -1.50. The molecule has 81 heavy (non-hydrogen) atoms. The van der Waals surface area contributed by atoms with E-state index in [2.05, 4.69) is 0 Å². The van der Waals surface area contributed by atoms with Crippen LogP contribution in [0.4, 0.5) is 55.3 Å². The molecule has 0 aliphatic heterocycles. The summed E-state index contributed by atoms with van der Waals surface area (Å²) >= 11 is 0. The van der Waals surface area contributed by atoms with Crippen LogP contribution in [0.1, 0.15) is 59.1 Å². The third-order valence-corrected chi connectivity index (χ3v) is 11.7. The topological polar surface area (TPSA) is 176 Å². The smallest absolute Gasteiger partial charge is 0.426 e. The Morgan fingerprint density at radius 3 is 1.07 bits per heavy atom. The van der Waals surface area contributed by atoms with E-state index < -0.39 is 89.0 Å². The van der Waals surface area contributed by atoms with Gasteiger partial charge in [0.1, 0.15) is 36.2 Å². The quantitative estimate of drug-likeness (QED) is 0.0114. The van der Waals surface area contributed by atoms with Crippen LogP contribution in [0.25, 0.3) is 12.2 Å². The van der Waals surface area contributed by atoms with Gasteiger partial charge in [0.2, 0.25) is 0 Å². The first-order chi connectivity index (χ1) is 38.2. The van der Waals surface area contributed by atoms with E-state index in [0.29, 0.717) is 11.1 Å². The molecule has 6 aromatic rings. The van der Waals surface area contributed by atoms with Crippen molar-refractivity contribution in [1.82, 2.24) is 0 Å². The van der Waals surface area contributed by atoms with Crippen LogP contribution in [0.15, 0.2) is 158 Å². The van der Waals surface area contributed by atoms with Gasteiger partial charge in [0, 0.05) is 54.7 Å². The van der Waals surface area contributed by atoms with Gasteiger partial charge in [0.25, 0.3) is 11.4 Å². The fourth-order valence-corrected chi connectivity index (χ4v) is 7.64. The van der Waals surface area contributed by atoms with Crippen molar-refractivity contribution in [3.8, 4) is 23.0 Å². The average molecular weight is 1140 g/mol. The predicted octanol–water partition coefficient (Wildman–Crippen LogP) is 14.5. The molecule has 6 aromatic carbocycles. The van der Waals surface area contributed by atoms with Gasteiger partial charge in [0.15, 0.2) is 0 Å². The number of nitro benzene ring substituents is 2. The van der Waals surface area contributed by atoms with Crippen LogP contribution in [-0.2, 0) is 44.1 Å². The van der Waals surface area contributed by atoms with Crippen LogP contribution >= 0.6 is 0 Å². The third-order valence-electron chi connectivity index (χ3n) is 11.7. The maximum atomic E-state index is 15.2. The monoisotopic (exact) mass is 1140 g/mol. The lowest BCUT2D eigenvalue weighted by Crippen LogP contribution is -2.38. The molecule has 0 aromatic heterocycles. The number of ether oxygens (including phenoxy) is 6. The summed E-state index contributed by atoms with van der Waals surface area (Å²) in [7, 11) is 0. The first-order valence-electron chi connectivity index (χ1n) is 24.3. The summed E-state index contributed by atoms with van der Waals surface area (Å²) < 4.78 is 167. The highest BCUT2D eigenvalue weighted by molar-refractivity contribution is 5.87. The molecule has 0 saturated carbocycles. The highest BCUT2D eigenvalue weighted by Gasteiger charge is 2.37. The number of nitrogens with zero attached hydrogens (tertiary/aromatic N) is 2. The first-order valence-corrected chi connectivity index (χ1v) is 24.3. The molecule has 0 atom stereocenters. The number of carbonyl (C=O) groups is 2. The Labute approximate surface area is 455 Å². The lowest BCUT2D eigenvalue weighted by Gasteiger charge is -2.33. The minimum Gasteiger partial charge on any atom is -0.494 e. The molecule has 0 unspecified atom stereocenters. The molecule has 24 heteroatoms. The summed E-state index contributed by atoms with van der Waals surface area (Å²) in [5.41, 5.74) is -1.61. The van der Waals surface area contributed by atoms with E-state index in [4.69, 9.17) is 28.4 Å². The first kappa shape index (κ1) is 61.3. The Hall–Kier alpha value is -8.96. The fraction of sp³-hybridized carbons (Fsp3) is 0.263. The van der Waals surface area contributed by atoms with Crippen LogP contribution in [-0.4, -0.2) is 60.6 Å². The normalized spacial score (nSPS) is 12.3. The van der Waals surface area contributed by atoms with Gasteiger partial charge in [-0.15, -0.1) is 0 Å². The van der Waals surface area contributed by atoms with Gasteiger partial charge in [-0.25, -0.2) is 9.59 Å². The third kappa shape index (κ3) is 20.3. The summed E-state index contributed by atoms with van der Waals surface area (Å²) in [5, 5.41) is 23.0. The van der Waals surface area contributed by atoms with Crippen LogP contribution in [0.2, 0.25) is 0 Å². The molecule has 0 N–H and O–H groups in total. The Bertz CT molecular complexity index is 2890. The number of nitro groups is 2. The van der Waals surface area contributed by atoms with E-state index in [1.165, 1.54) is 109 Å². The molecular formula is C57H48F10N2O12. The van der Waals surface area contributed by atoms with Crippen LogP contribution in [0.5, 0.6) is 23.0 Å². The van der Waals surface area contributed by atoms with Gasteiger partial charge in [-0.2, -0.15) is 43.9 Å². The molecule has 0 aliphatic carbocycles. The molecular weight excluding hydrogens is 1090 g/mol. The van der Waals surface area contributed by atoms with E-state index in [1.54, 1.807) is 0 Å². The van der Waals surface area contributed by atoms with Crippen molar-refractivity contribution in [1.29, 1.82) is 0 Å². The summed E-state index contributed by atoms with van der Waals surface area (Å²) in [5.74, 6) is -2.17. The van der Waals surface area contributed by atoms with Gasteiger partial charge in [-0.1, -0.05) is 48.5 Å².